The van der Waals surface area contributed by atoms with Gasteiger partial charge >= 0.3 is 12.1 Å². The van der Waals surface area contributed by atoms with Crippen molar-refractivity contribution in [2.75, 3.05) is 0 Å². The van der Waals surface area contributed by atoms with Crippen LogP contribution in [0, 0.1) is 12.7 Å². The van der Waals surface area contributed by atoms with E-state index in [1.54, 1.807) is 0 Å². The minimum absolute atomic E-state index is 0.0190. The molecular weight excluding hydrogens is 392 g/mol. The Labute approximate surface area is 155 Å². The van der Waals surface area contributed by atoms with Crippen molar-refractivity contribution >= 4 is 23.6 Å². The number of aliphatic carboxylic acids is 1. The minimum atomic E-state index is -4.92. The standard InChI is InChI=1S/C18H11ClF4O4/c1-8-4-10(2-3-13(8)20)26-15-7-14-9(6-12(15)19)5-11(17(24)25)16(27-14)18(21,22)23/h2-7,16H,1H3,(H,24,25). The van der Waals surface area contributed by atoms with Crippen LogP contribution in [-0.4, -0.2) is 23.4 Å². The molecule has 0 spiro atoms. The number of aryl methyl sites for hydroxylation is 1. The average molecular weight is 403 g/mol. The van der Waals surface area contributed by atoms with E-state index in [1.807, 2.05) is 0 Å². The minimum Gasteiger partial charge on any atom is -0.478 e. The van der Waals surface area contributed by atoms with Crippen LogP contribution in [0.25, 0.3) is 6.08 Å². The van der Waals surface area contributed by atoms with Crippen molar-refractivity contribution in [3.05, 3.63) is 57.9 Å². The van der Waals surface area contributed by atoms with Crippen LogP contribution in [0.15, 0.2) is 35.9 Å². The van der Waals surface area contributed by atoms with Crippen molar-refractivity contribution in [2.24, 2.45) is 0 Å². The Kier molecular flexibility index (Phi) is 4.77. The molecule has 2 aromatic rings. The first-order valence-electron chi connectivity index (χ1n) is 7.52. The molecule has 1 atom stereocenters. The molecule has 1 aliphatic heterocycles. The number of fused-ring (bicyclic) bond motifs is 1. The molecule has 0 aromatic heterocycles. The fraction of sp³-hybridized carbons (Fsp3) is 0.167. The van der Waals surface area contributed by atoms with Crippen LogP contribution < -0.4 is 9.47 Å². The van der Waals surface area contributed by atoms with E-state index in [2.05, 4.69) is 0 Å². The molecule has 0 amide bonds. The predicted octanol–water partition coefficient (Wildman–Crippen LogP) is 5.37. The van der Waals surface area contributed by atoms with Crippen LogP contribution >= 0.6 is 11.6 Å². The third-order valence-corrected chi connectivity index (χ3v) is 4.10. The second kappa shape index (κ2) is 6.77. The van der Waals surface area contributed by atoms with Gasteiger partial charge in [-0.15, -0.1) is 0 Å². The summed E-state index contributed by atoms with van der Waals surface area (Å²) in [5.74, 6) is -2.22. The summed E-state index contributed by atoms with van der Waals surface area (Å²) in [6.45, 7) is 1.52. The van der Waals surface area contributed by atoms with Gasteiger partial charge in [-0.25, -0.2) is 9.18 Å². The first kappa shape index (κ1) is 19.0. The van der Waals surface area contributed by atoms with E-state index in [4.69, 9.17) is 26.2 Å². The summed E-state index contributed by atoms with van der Waals surface area (Å²) in [6.07, 6.45) is -6.68. The fourth-order valence-corrected chi connectivity index (χ4v) is 2.71. The Morgan fingerprint density at radius 1 is 1.26 bits per heavy atom. The molecule has 0 aliphatic carbocycles. The third kappa shape index (κ3) is 3.85. The van der Waals surface area contributed by atoms with Gasteiger partial charge in [0.1, 0.15) is 23.1 Å². The SMILES string of the molecule is Cc1cc(Oc2cc3c(cc2Cl)C=C(C(=O)O)C(C(F)(F)F)O3)ccc1F. The summed E-state index contributed by atoms with van der Waals surface area (Å²) in [5, 5.41) is 9.05. The number of carboxylic acids is 1. The molecule has 0 saturated heterocycles. The number of alkyl halides is 3. The number of benzene rings is 2. The number of hydrogen-bond acceptors (Lipinski definition) is 3. The van der Waals surface area contributed by atoms with Gasteiger partial charge in [0, 0.05) is 11.6 Å². The molecule has 1 heterocycles. The van der Waals surface area contributed by atoms with Gasteiger partial charge < -0.3 is 14.6 Å². The van der Waals surface area contributed by atoms with E-state index in [0.29, 0.717) is 5.56 Å². The lowest BCUT2D eigenvalue weighted by molar-refractivity contribution is -0.187. The van der Waals surface area contributed by atoms with Gasteiger partial charge in [0.05, 0.1) is 10.6 Å². The highest BCUT2D eigenvalue weighted by molar-refractivity contribution is 6.32. The number of hydrogen-bond donors (Lipinski definition) is 1. The highest BCUT2D eigenvalue weighted by atomic mass is 35.5. The van der Waals surface area contributed by atoms with Crippen LogP contribution in [0.1, 0.15) is 11.1 Å². The summed E-state index contributed by atoms with van der Waals surface area (Å²) in [6, 6.07) is 6.27. The summed E-state index contributed by atoms with van der Waals surface area (Å²) < 4.78 is 63.1. The third-order valence-electron chi connectivity index (χ3n) is 3.80. The molecule has 0 saturated carbocycles. The number of ether oxygens (including phenoxy) is 2. The molecule has 27 heavy (non-hydrogen) atoms. The van der Waals surface area contributed by atoms with Crippen molar-refractivity contribution in [1.29, 1.82) is 0 Å². The zero-order chi connectivity index (χ0) is 19.9. The number of rotatable bonds is 3. The molecule has 2 aromatic carbocycles. The van der Waals surface area contributed by atoms with E-state index in [-0.39, 0.29) is 27.8 Å². The summed E-state index contributed by atoms with van der Waals surface area (Å²) in [4.78, 5) is 11.1. The predicted molar refractivity (Wildman–Crippen MR) is 88.7 cm³/mol. The van der Waals surface area contributed by atoms with Crippen LogP contribution in [0.2, 0.25) is 5.02 Å². The molecule has 0 fully saturated rings. The van der Waals surface area contributed by atoms with E-state index < -0.39 is 29.6 Å². The first-order chi connectivity index (χ1) is 12.6. The van der Waals surface area contributed by atoms with E-state index in [9.17, 15) is 22.4 Å². The normalized spacial score (nSPS) is 16.2. The Balaban J connectivity index is 2.01. The summed E-state index contributed by atoms with van der Waals surface area (Å²) in [5.41, 5.74) is -0.571. The van der Waals surface area contributed by atoms with E-state index >= 15 is 0 Å². The van der Waals surface area contributed by atoms with Crippen molar-refractivity contribution < 1.29 is 36.9 Å². The smallest absolute Gasteiger partial charge is 0.430 e. The van der Waals surface area contributed by atoms with Gasteiger partial charge in [-0.1, -0.05) is 11.6 Å². The Hall–Kier alpha value is -2.74. The maximum absolute atomic E-state index is 13.3. The fourth-order valence-electron chi connectivity index (χ4n) is 2.50. The van der Waals surface area contributed by atoms with Crippen molar-refractivity contribution in [1.82, 2.24) is 0 Å². The van der Waals surface area contributed by atoms with Crippen LogP contribution in [-0.2, 0) is 4.79 Å². The Morgan fingerprint density at radius 3 is 2.56 bits per heavy atom. The van der Waals surface area contributed by atoms with Gasteiger partial charge in [0.25, 0.3) is 0 Å². The maximum Gasteiger partial charge on any atom is 0.430 e. The van der Waals surface area contributed by atoms with Gasteiger partial charge in [-0.3, -0.25) is 0 Å². The Bertz CT molecular complexity index is 953. The zero-order valence-corrected chi connectivity index (χ0v) is 14.4. The van der Waals surface area contributed by atoms with Crippen LogP contribution in [0.3, 0.4) is 0 Å². The molecule has 0 radical (unpaired) electrons. The average Bonchev–Trinajstić information content (AvgIpc) is 2.57. The topological polar surface area (TPSA) is 55.8 Å². The quantitative estimate of drug-likeness (QED) is 0.701. The zero-order valence-electron chi connectivity index (χ0n) is 13.6. The molecule has 142 valence electrons. The molecular formula is C18H11ClF4O4. The highest BCUT2D eigenvalue weighted by Gasteiger charge is 2.48. The molecule has 9 heteroatoms. The number of halogens is 5. The first-order valence-corrected chi connectivity index (χ1v) is 7.90. The summed E-state index contributed by atoms with van der Waals surface area (Å²) in [7, 11) is 0. The molecule has 4 nitrogen and oxygen atoms in total. The van der Waals surface area contributed by atoms with Crippen LogP contribution in [0.5, 0.6) is 17.2 Å². The van der Waals surface area contributed by atoms with Gasteiger partial charge in [0.15, 0.2) is 0 Å². The number of carboxylic acid groups (broad SMARTS) is 1. The molecule has 0 bridgehead atoms. The lowest BCUT2D eigenvalue weighted by Crippen LogP contribution is -2.40. The molecule has 1 N–H and O–H groups in total. The van der Waals surface area contributed by atoms with Crippen molar-refractivity contribution in [3.63, 3.8) is 0 Å². The maximum atomic E-state index is 13.3. The summed E-state index contributed by atoms with van der Waals surface area (Å²) >= 11 is 6.08. The lowest BCUT2D eigenvalue weighted by Gasteiger charge is -2.27. The van der Waals surface area contributed by atoms with E-state index in [1.165, 1.54) is 31.2 Å². The lowest BCUT2D eigenvalue weighted by atomic mass is 10.0. The largest absolute Gasteiger partial charge is 0.478 e. The van der Waals surface area contributed by atoms with E-state index in [0.717, 1.165) is 12.1 Å². The highest BCUT2D eigenvalue weighted by Crippen LogP contribution is 2.42. The molecule has 3 rings (SSSR count). The monoisotopic (exact) mass is 402 g/mol. The van der Waals surface area contributed by atoms with Crippen molar-refractivity contribution in [2.45, 2.75) is 19.2 Å². The van der Waals surface area contributed by atoms with Crippen molar-refractivity contribution in [3.8, 4) is 17.2 Å². The molecule has 1 aliphatic rings. The van der Waals surface area contributed by atoms with Gasteiger partial charge in [0.2, 0.25) is 6.10 Å². The number of carbonyl (C=O) groups is 1. The second-order valence-electron chi connectivity index (χ2n) is 5.78. The Morgan fingerprint density at radius 2 is 1.96 bits per heavy atom. The second-order valence-corrected chi connectivity index (χ2v) is 6.19. The molecule has 1 unspecified atom stereocenters. The van der Waals surface area contributed by atoms with Gasteiger partial charge in [-0.05, 0) is 42.8 Å². The van der Waals surface area contributed by atoms with Crippen LogP contribution in [0.4, 0.5) is 17.6 Å². The van der Waals surface area contributed by atoms with Gasteiger partial charge in [-0.2, -0.15) is 13.2 Å².